The summed E-state index contributed by atoms with van der Waals surface area (Å²) in [5.74, 6) is 0. The maximum absolute atomic E-state index is 6.37. The second-order valence-electron chi connectivity index (χ2n) is 38.3. The fraction of sp³-hybridized carbons (Fsp3) is 0.153. The van der Waals surface area contributed by atoms with Crippen molar-refractivity contribution in [3.05, 3.63) is 391 Å². The first-order valence-corrected chi connectivity index (χ1v) is 48.6. The standard InChI is InChI=1S/3C24H23BN3O.2C23H21BN3O/c1-16-13-21(27(3)15-20(16)18-9-6-5-7-10-18)25-23-22(17(2)14-28(25)4)19-11-8-12-26-24(19)29-23;1-16-15-27(3)22(14-21(16)18-8-6-5-7-9-18)25-23-19(12-13-28(25)4)20-11-10-17(2)26-24(20)29-23;1-16-15-28(4)25(23-22(16)20-11-10-17(2)26-24(20)29-23)21-14-19(12-13-27(21)3)18-8-6-5-7-9-18;1-16-14-21(26(2)15-20(16)17-8-5-4-6-9-17)24-22-18(11-13-27(24)3)19-10-7-12-25-23(19)28-22;1-16-9-10-20-19-12-14-27(3)24(22(19)28-23(20)25-16)21-15-18(11-13-26(21)2)17-7-5-4-6-8-17/h3*5-15H,1-4H3;2*4-15H,1-3H3/q5*+1. The third-order valence-corrected chi connectivity index (χ3v) is 28.4. The van der Waals surface area contributed by atoms with Gasteiger partial charge < -0.3 is 46.1 Å². The summed E-state index contributed by atoms with van der Waals surface area (Å²) in [6.45, 7) is 16.7. The zero-order chi connectivity index (χ0) is 98.9. The van der Waals surface area contributed by atoms with Gasteiger partial charge in [-0.1, -0.05) is 152 Å². The van der Waals surface area contributed by atoms with E-state index >= 15 is 0 Å². The van der Waals surface area contributed by atoms with Crippen molar-refractivity contribution in [1.82, 2.24) is 49.0 Å². The third-order valence-electron chi connectivity index (χ3n) is 28.4. The Labute approximate surface area is 836 Å². The molecule has 5 aliphatic rings. The van der Waals surface area contributed by atoms with Crippen molar-refractivity contribution in [3.63, 3.8) is 0 Å². The molecule has 0 saturated carbocycles. The van der Waals surface area contributed by atoms with Crippen molar-refractivity contribution in [3.8, 4) is 55.6 Å². The van der Waals surface area contributed by atoms with E-state index in [-0.39, 0.29) is 34.2 Å². The predicted molar refractivity (Wildman–Crippen MR) is 582 cm³/mol. The number of benzene rings is 5. The van der Waals surface area contributed by atoms with Crippen molar-refractivity contribution < 1.29 is 44.9 Å². The van der Waals surface area contributed by atoms with Gasteiger partial charge in [-0.2, -0.15) is 0 Å². The highest BCUT2D eigenvalue weighted by Crippen LogP contribution is 2.35. The summed E-state index contributed by atoms with van der Waals surface area (Å²) in [6, 6.07) is 88.8. The van der Waals surface area contributed by atoms with Crippen LogP contribution >= 0.6 is 0 Å². The van der Waals surface area contributed by atoms with E-state index in [1.165, 1.54) is 123 Å². The van der Waals surface area contributed by atoms with Crippen LogP contribution in [0.2, 0.25) is 0 Å². The van der Waals surface area contributed by atoms with E-state index in [1.807, 2.05) is 63.2 Å². The van der Waals surface area contributed by atoms with Gasteiger partial charge in [0.05, 0.1) is 0 Å². The first-order valence-electron chi connectivity index (χ1n) is 48.6. The molecule has 0 fully saturated rings. The fourth-order valence-corrected chi connectivity index (χ4v) is 21.2. The maximum atomic E-state index is 6.37. The van der Waals surface area contributed by atoms with Gasteiger partial charge >= 0.3 is 34.2 Å². The van der Waals surface area contributed by atoms with E-state index in [9.17, 15) is 0 Å². The molecule has 0 unspecified atom stereocenters. The second-order valence-corrected chi connectivity index (χ2v) is 38.3. The van der Waals surface area contributed by atoms with Gasteiger partial charge in [0.25, 0.3) is 0 Å². The molecule has 143 heavy (non-hydrogen) atoms. The van der Waals surface area contributed by atoms with Crippen LogP contribution in [0.15, 0.2) is 351 Å². The number of pyridine rings is 10. The van der Waals surface area contributed by atoms with E-state index in [2.05, 4.69) is 469 Å². The van der Waals surface area contributed by atoms with Gasteiger partial charge in [0.15, 0.2) is 59.0 Å². The number of nitrogens with zero attached hydrogens (tertiary/aromatic N) is 15. The summed E-state index contributed by atoms with van der Waals surface area (Å²) in [5, 5.41) is 5.36. The molecule has 25 rings (SSSR count). The maximum Gasteiger partial charge on any atom is 0.443 e. The van der Waals surface area contributed by atoms with Gasteiger partial charge in [0.2, 0.25) is 28.6 Å². The molecule has 5 aliphatic heterocycles. The van der Waals surface area contributed by atoms with E-state index in [4.69, 9.17) is 22.1 Å². The lowest BCUT2D eigenvalue weighted by molar-refractivity contribution is -0.654. The average Bonchev–Trinajstić information content (AvgIpc) is 1.62. The number of allylic oxidation sites excluding steroid dienone is 2. The van der Waals surface area contributed by atoms with Crippen molar-refractivity contribution in [1.29, 1.82) is 0 Å². The third kappa shape index (κ3) is 17.6. The Balaban J connectivity index is 0.000000106. The molecule has 0 bridgehead atoms. The van der Waals surface area contributed by atoms with E-state index in [0.717, 1.165) is 89.0 Å². The van der Waals surface area contributed by atoms with Gasteiger partial charge in [0, 0.05) is 143 Å². The molecule has 0 atom stereocenters. The van der Waals surface area contributed by atoms with Crippen LogP contribution in [0.25, 0.3) is 141 Å². The molecule has 20 nitrogen and oxygen atoms in total. The molecule has 0 aliphatic carbocycles. The Morgan fingerprint density at radius 1 is 0.259 bits per heavy atom. The second kappa shape index (κ2) is 38.5. The Hall–Kier alpha value is -16.7. The molecule has 0 N–H and O–H groups in total. The number of rotatable bonds is 10. The molecule has 20 heterocycles. The topological polar surface area (TPSA) is 166 Å². The molecular formula is C118H111B5N15O5+5. The fourth-order valence-electron chi connectivity index (χ4n) is 21.2. The lowest BCUT2D eigenvalue weighted by atomic mass is 9.51. The summed E-state index contributed by atoms with van der Waals surface area (Å²) in [6.07, 6.45) is 31.6. The van der Waals surface area contributed by atoms with E-state index in [0.29, 0.717) is 28.6 Å². The van der Waals surface area contributed by atoms with Crippen LogP contribution in [-0.2, 0) is 35.2 Å². The smallest absolute Gasteiger partial charge is 0.443 e. The monoisotopic (exact) mass is 1870 g/mol. The molecule has 0 saturated heterocycles. The van der Waals surface area contributed by atoms with Crippen molar-refractivity contribution in [2.45, 2.75) is 55.4 Å². The number of furan rings is 5. The minimum atomic E-state index is -0.0168. The number of hydrogen-bond acceptors (Lipinski definition) is 15. The number of fused-ring (bicyclic) bond motifs is 15. The highest BCUT2D eigenvalue weighted by molar-refractivity contribution is 6.84. The summed E-state index contributed by atoms with van der Waals surface area (Å²) in [5.41, 5.74) is 41.1. The van der Waals surface area contributed by atoms with Crippen LogP contribution in [0.4, 0.5) is 0 Å². The first-order chi connectivity index (χ1) is 69.3. The highest BCUT2D eigenvalue weighted by atomic mass is 16.4. The Morgan fingerprint density at radius 3 is 0.979 bits per heavy atom. The van der Waals surface area contributed by atoms with Crippen molar-refractivity contribution in [2.24, 2.45) is 35.2 Å². The van der Waals surface area contributed by atoms with Crippen LogP contribution < -0.4 is 79.1 Å². The normalized spacial score (nSPS) is 13.4. The van der Waals surface area contributed by atoms with Crippen LogP contribution in [0.3, 0.4) is 0 Å². The summed E-state index contributed by atoms with van der Waals surface area (Å²) < 4.78 is 42.5. The summed E-state index contributed by atoms with van der Waals surface area (Å²) >= 11 is 0. The van der Waals surface area contributed by atoms with Gasteiger partial charge in [-0.05, 0) is 267 Å². The summed E-state index contributed by atoms with van der Waals surface area (Å²) in [7, 11) is 21.0. The highest BCUT2D eigenvalue weighted by Gasteiger charge is 2.47. The summed E-state index contributed by atoms with van der Waals surface area (Å²) in [4.78, 5) is 33.8. The number of aryl methyl sites for hydroxylation is 11. The quantitative estimate of drug-likeness (QED) is 0.0937. The minimum absolute atomic E-state index is 0.00252. The van der Waals surface area contributed by atoms with Gasteiger partial charge in [-0.15, -0.1) is 0 Å². The molecule has 5 aromatic carbocycles. The Kier molecular flexibility index (Phi) is 24.9. The molecule has 20 aromatic rings. The largest absolute Gasteiger partial charge is 0.449 e. The Morgan fingerprint density at radius 2 is 0.566 bits per heavy atom. The van der Waals surface area contributed by atoms with E-state index < -0.39 is 0 Å². The molecule has 0 amide bonds. The van der Waals surface area contributed by atoms with Crippen molar-refractivity contribution >= 4 is 175 Å². The van der Waals surface area contributed by atoms with E-state index in [1.54, 1.807) is 12.4 Å². The van der Waals surface area contributed by atoms with Crippen LogP contribution in [0.5, 0.6) is 0 Å². The van der Waals surface area contributed by atoms with Crippen LogP contribution in [-0.4, -0.2) is 118 Å². The Bertz CT molecular complexity index is 8490. The van der Waals surface area contributed by atoms with Gasteiger partial charge in [0.1, 0.15) is 63.5 Å². The molecule has 15 aromatic heterocycles. The number of aromatic nitrogens is 10. The molecule has 698 valence electrons. The molecule has 25 heteroatoms. The average molecular weight is 1870 g/mol. The molecular weight excluding hydrogens is 1760 g/mol. The molecule has 0 spiro atoms. The predicted octanol–water partition coefficient (Wildman–Crippen LogP) is 14.3. The SMILES string of the molecule is CC1=CN(C)B(c2cc(-c3ccccc3)cc[n+]2C)c2oc3nc(C)ccc3c21.CC1=CN(C)B(c2cc(C)c(-c3ccccc3)c[n+]2C)c2oc3ncccc3c21.Cc1cc(B2c3oc4ncccc4c3C=CN2C)[n+](C)cc1-c1ccccc1.Cc1ccc2c3c(oc2n1)B(c1cc(-c2ccccc2)c(C)c[n+]1C)N(C)C=C3.Cc1ccc2c3c(oc2n1)B(c1cc(-c2ccccc2)cc[n+]1C)N(C)C=C3. The zero-order valence-corrected chi connectivity index (χ0v) is 84.0. The van der Waals surface area contributed by atoms with Gasteiger partial charge in [-0.25, -0.2) is 47.8 Å². The van der Waals surface area contributed by atoms with Crippen molar-refractivity contribution in [2.75, 3.05) is 35.2 Å². The lowest BCUT2D eigenvalue weighted by Crippen LogP contribution is -2.65. The first kappa shape index (κ1) is 92.7. The zero-order valence-electron chi connectivity index (χ0n) is 84.0. The van der Waals surface area contributed by atoms with Gasteiger partial charge in [-0.3, -0.25) is 0 Å². The number of hydrogen-bond donors (Lipinski definition) is 0. The lowest BCUT2D eigenvalue weighted by Gasteiger charge is -2.26. The van der Waals surface area contributed by atoms with Crippen LogP contribution in [0, 0.1) is 41.5 Å². The minimum Gasteiger partial charge on any atom is -0.449 e. The van der Waals surface area contributed by atoms with Crippen LogP contribution in [0.1, 0.15) is 75.4 Å². The molecule has 0 radical (unpaired) electrons.